The molecule has 2 amide bonds. The zero-order valence-electron chi connectivity index (χ0n) is 9.70. The third-order valence-corrected chi connectivity index (χ3v) is 2.88. The Morgan fingerprint density at radius 3 is 2.33 bits per heavy atom. The molecule has 18 heavy (non-hydrogen) atoms. The maximum absolute atomic E-state index is 11.8. The van der Waals surface area contributed by atoms with E-state index in [1.54, 1.807) is 12.2 Å². The number of aliphatic hydroxyl groups is 1. The van der Waals surface area contributed by atoms with Crippen molar-refractivity contribution in [3.8, 4) is 0 Å². The highest BCUT2D eigenvalue weighted by molar-refractivity contribution is 5.86. The van der Waals surface area contributed by atoms with Crippen molar-refractivity contribution in [2.24, 2.45) is 17.6 Å². The Labute approximate surface area is 104 Å². The van der Waals surface area contributed by atoms with E-state index < -0.39 is 35.7 Å². The van der Waals surface area contributed by atoms with Crippen LogP contribution in [0.2, 0.25) is 0 Å². The lowest BCUT2D eigenvalue weighted by Gasteiger charge is -2.24. The van der Waals surface area contributed by atoms with E-state index in [-0.39, 0.29) is 6.54 Å². The standard InChI is InChI=1S/C11H16N2O5/c12-9(15)8(14)5-13-10(16)6-3-1-2-4-7(6)11(17)18/h1-2,6-8,14H,3-5H2,(H2,12,15)(H,13,16)(H,17,18). The highest BCUT2D eigenvalue weighted by Crippen LogP contribution is 2.25. The number of carboxylic acid groups (broad SMARTS) is 1. The van der Waals surface area contributed by atoms with Crippen molar-refractivity contribution in [3.05, 3.63) is 12.2 Å². The average Bonchev–Trinajstić information content (AvgIpc) is 2.35. The van der Waals surface area contributed by atoms with Crippen molar-refractivity contribution in [3.63, 3.8) is 0 Å². The molecule has 0 fully saturated rings. The fourth-order valence-electron chi connectivity index (χ4n) is 1.81. The molecule has 0 aromatic rings. The Balaban J connectivity index is 2.57. The summed E-state index contributed by atoms with van der Waals surface area (Å²) in [7, 11) is 0. The molecule has 7 heteroatoms. The van der Waals surface area contributed by atoms with Gasteiger partial charge in [0.25, 0.3) is 0 Å². The summed E-state index contributed by atoms with van der Waals surface area (Å²) < 4.78 is 0. The normalized spacial score (nSPS) is 24.3. The van der Waals surface area contributed by atoms with Crippen LogP contribution in [0.25, 0.3) is 0 Å². The number of carbonyl (C=O) groups is 3. The monoisotopic (exact) mass is 256 g/mol. The summed E-state index contributed by atoms with van der Waals surface area (Å²) in [5.41, 5.74) is 4.83. The molecule has 0 radical (unpaired) electrons. The van der Waals surface area contributed by atoms with Gasteiger partial charge in [-0.05, 0) is 12.8 Å². The van der Waals surface area contributed by atoms with Crippen molar-refractivity contribution >= 4 is 17.8 Å². The average molecular weight is 256 g/mol. The van der Waals surface area contributed by atoms with Crippen molar-refractivity contribution in [2.75, 3.05) is 6.54 Å². The van der Waals surface area contributed by atoms with Gasteiger partial charge in [0.15, 0.2) is 0 Å². The Hall–Kier alpha value is -1.89. The molecule has 0 bridgehead atoms. The van der Waals surface area contributed by atoms with E-state index in [2.05, 4.69) is 5.32 Å². The predicted molar refractivity (Wildman–Crippen MR) is 61.2 cm³/mol. The molecular formula is C11H16N2O5. The molecule has 5 N–H and O–H groups in total. The van der Waals surface area contributed by atoms with E-state index in [9.17, 15) is 14.4 Å². The number of allylic oxidation sites excluding steroid dienone is 2. The third-order valence-electron chi connectivity index (χ3n) is 2.88. The summed E-state index contributed by atoms with van der Waals surface area (Å²) in [4.78, 5) is 33.3. The number of carbonyl (C=O) groups excluding carboxylic acids is 2. The molecule has 7 nitrogen and oxygen atoms in total. The van der Waals surface area contributed by atoms with Crippen molar-refractivity contribution < 1.29 is 24.6 Å². The fourth-order valence-corrected chi connectivity index (χ4v) is 1.81. The first kappa shape index (κ1) is 14.2. The van der Waals surface area contributed by atoms with Gasteiger partial charge in [-0.25, -0.2) is 0 Å². The molecule has 100 valence electrons. The van der Waals surface area contributed by atoms with Gasteiger partial charge in [-0.2, -0.15) is 0 Å². The number of primary amides is 1. The zero-order valence-corrected chi connectivity index (χ0v) is 9.70. The summed E-state index contributed by atoms with van der Waals surface area (Å²) in [5.74, 6) is -3.93. The lowest BCUT2D eigenvalue weighted by molar-refractivity contribution is -0.147. The number of rotatable bonds is 5. The fraction of sp³-hybridized carbons (Fsp3) is 0.545. The van der Waals surface area contributed by atoms with E-state index in [4.69, 9.17) is 15.9 Å². The van der Waals surface area contributed by atoms with Gasteiger partial charge in [0.05, 0.1) is 18.4 Å². The van der Waals surface area contributed by atoms with Gasteiger partial charge in [-0.15, -0.1) is 0 Å². The first-order valence-electron chi connectivity index (χ1n) is 5.56. The van der Waals surface area contributed by atoms with Gasteiger partial charge in [0.2, 0.25) is 11.8 Å². The quantitative estimate of drug-likeness (QED) is 0.450. The van der Waals surface area contributed by atoms with Gasteiger partial charge >= 0.3 is 5.97 Å². The minimum atomic E-state index is -1.46. The minimum Gasteiger partial charge on any atom is -0.481 e. The molecule has 3 atom stereocenters. The first-order valence-corrected chi connectivity index (χ1v) is 5.56. The minimum absolute atomic E-state index is 0.297. The molecule has 0 aromatic carbocycles. The van der Waals surface area contributed by atoms with Gasteiger partial charge < -0.3 is 21.3 Å². The second-order valence-corrected chi connectivity index (χ2v) is 4.16. The molecule has 0 heterocycles. The third kappa shape index (κ3) is 3.56. The molecule has 3 unspecified atom stereocenters. The Bertz CT molecular complexity index is 380. The SMILES string of the molecule is NC(=O)C(O)CNC(=O)C1CC=CCC1C(=O)O. The van der Waals surface area contributed by atoms with Crippen LogP contribution in [0.5, 0.6) is 0 Å². The first-order chi connectivity index (χ1) is 8.43. The summed E-state index contributed by atoms with van der Waals surface area (Å²) in [6.07, 6.45) is 2.63. The highest BCUT2D eigenvalue weighted by Gasteiger charge is 2.34. The second kappa shape index (κ2) is 6.15. The number of aliphatic hydroxyl groups excluding tert-OH is 1. The van der Waals surface area contributed by atoms with Crippen LogP contribution in [0.3, 0.4) is 0 Å². The summed E-state index contributed by atoms with van der Waals surface area (Å²) in [6.45, 7) is -0.305. The number of nitrogens with two attached hydrogens (primary N) is 1. The molecule has 1 aliphatic rings. The van der Waals surface area contributed by atoms with Crippen molar-refractivity contribution in [1.29, 1.82) is 0 Å². The maximum Gasteiger partial charge on any atom is 0.307 e. The highest BCUT2D eigenvalue weighted by atomic mass is 16.4. The molecule has 0 aromatic heterocycles. The van der Waals surface area contributed by atoms with Gasteiger partial charge in [0.1, 0.15) is 6.10 Å². The molecule has 1 rings (SSSR count). The summed E-state index contributed by atoms with van der Waals surface area (Å²) in [6, 6.07) is 0. The van der Waals surface area contributed by atoms with Gasteiger partial charge in [-0.3, -0.25) is 14.4 Å². The van der Waals surface area contributed by atoms with E-state index in [0.29, 0.717) is 12.8 Å². The zero-order chi connectivity index (χ0) is 13.7. The Morgan fingerprint density at radius 2 is 1.83 bits per heavy atom. The van der Waals surface area contributed by atoms with E-state index in [1.807, 2.05) is 0 Å². The lowest BCUT2D eigenvalue weighted by atomic mass is 9.82. The lowest BCUT2D eigenvalue weighted by Crippen LogP contribution is -2.44. The van der Waals surface area contributed by atoms with Crippen LogP contribution in [0, 0.1) is 11.8 Å². The Morgan fingerprint density at radius 1 is 1.28 bits per heavy atom. The number of aliphatic carboxylic acids is 1. The molecule has 1 aliphatic carbocycles. The van der Waals surface area contributed by atoms with Gasteiger partial charge in [-0.1, -0.05) is 12.2 Å². The summed E-state index contributed by atoms with van der Waals surface area (Å²) >= 11 is 0. The van der Waals surface area contributed by atoms with Crippen LogP contribution in [0.1, 0.15) is 12.8 Å². The smallest absolute Gasteiger partial charge is 0.307 e. The predicted octanol–water partition coefficient (Wildman–Crippen LogP) is -1.38. The molecular weight excluding hydrogens is 240 g/mol. The van der Waals surface area contributed by atoms with E-state index in [1.165, 1.54) is 0 Å². The van der Waals surface area contributed by atoms with Crippen LogP contribution in [0.4, 0.5) is 0 Å². The topological polar surface area (TPSA) is 130 Å². The van der Waals surface area contributed by atoms with E-state index in [0.717, 1.165) is 0 Å². The molecule has 0 saturated carbocycles. The molecule has 0 saturated heterocycles. The van der Waals surface area contributed by atoms with Crippen molar-refractivity contribution in [2.45, 2.75) is 18.9 Å². The molecule has 0 aliphatic heterocycles. The number of hydrogen-bond acceptors (Lipinski definition) is 4. The number of amides is 2. The summed E-state index contributed by atoms with van der Waals surface area (Å²) in [5, 5.41) is 20.4. The second-order valence-electron chi connectivity index (χ2n) is 4.16. The number of nitrogens with one attached hydrogen (secondary N) is 1. The van der Waals surface area contributed by atoms with Gasteiger partial charge in [0, 0.05) is 0 Å². The van der Waals surface area contributed by atoms with Crippen LogP contribution >= 0.6 is 0 Å². The Kier molecular flexibility index (Phi) is 4.85. The number of carboxylic acids is 1. The maximum atomic E-state index is 11.8. The largest absolute Gasteiger partial charge is 0.481 e. The number of hydrogen-bond donors (Lipinski definition) is 4. The molecule has 0 spiro atoms. The van der Waals surface area contributed by atoms with Crippen LogP contribution in [-0.2, 0) is 14.4 Å². The van der Waals surface area contributed by atoms with Crippen LogP contribution < -0.4 is 11.1 Å². The van der Waals surface area contributed by atoms with Crippen molar-refractivity contribution in [1.82, 2.24) is 5.32 Å². The van der Waals surface area contributed by atoms with Crippen LogP contribution in [-0.4, -0.2) is 40.6 Å². The van der Waals surface area contributed by atoms with Crippen LogP contribution in [0.15, 0.2) is 12.2 Å². The van der Waals surface area contributed by atoms with E-state index >= 15 is 0 Å².